The van der Waals surface area contributed by atoms with Crippen molar-refractivity contribution >= 4 is 5.91 Å². The molecule has 0 saturated heterocycles. The molecule has 106 valence electrons. The highest BCUT2D eigenvalue weighted by Gasteiger charge is 2.13. The van der Waals surface area contributed by atoms with Crippen molar-refractivity contribution in [3.05, 3.63) is 29.8 Å². The lowest BCUT2D eigenvalue weighted by atomic mass is 10.1. The monoisotopic (exact) mass is 264 g/mol. The van der Waals surface area contributed by atoms with Gasteiger partial charge in [0.15, 0.2) is 0 Å². The van der Waals surface area contributed by atoms with E-state index < -0.39 is 0 Å². The van der Waals surface area contributed by atoms with Gasteiger partial charge in [0.05, 0.1) is 13.7 Å². The predicted octanol–water partition coefficient (Wildman–Crippen LogP) is 2.21. The van der Waals surface area contributed by atoms with E-state index in [1.54, 1.807) is 12.0 Å². The zero-order chi connectivity index (χ0) is 14.4. The van der Waals surface area contributed by atoms with Gasteiger partial charge in [-0.2, -0.15) is 0 Å². The Labute approximate surface area is 115 Å². The molecule has 1 rings (SSSR count). The third-order valence-electron chi connectivity index (χ3n) is 3.32. The maximum absolute atomic E-state index is 11.9. The van der Waals surface area contributed by atoms with Crippen molar-refractivity contribution in [2.75, 3.05) is 20.7 Å². The van der Waals surface area contributed by atoms with Crippen LogP contribution in [-0.4, -0.2) is 37.6 Å². The van der Waals surface area contributed by atoms with Crippen molar-refractivity contribution in [1.82, 2.24) is 10.2 Å². The number of hydrogen-bond acceptors (Lipinski definition) is 3. The fourth-order valence-corrected chi connectivity index (χ4v) is 1.68. The summed E-state index contributed by atoms with van der Waals surface area (Å²) in [4.78, 5) is 13.6. The lowest BCUT2D eigenvalue weighted by Gasteiger charge is -2.23. The zero-order valence-corrected chi connectivity index (χ0v) is 12.4. The number of rotatable bonds is 6. The summed E-state index contributed by atoms with van der Waals surface area (Å²) >= 11 is 0. The molecule has 0 aliphatic carbocycles. The van der Waals surface area contributed by atoms with E-state index >= 15 is 0 Å². The van der Waals surface area contributed by atoms with Crippen LogP contribution in [0.25, 0.3) is 0 Å². The summed E-state index contributed by atoms with van der Waals surface area (Å²) in [5.41, 5.74) is 1.11. The molecule has 1 atom stereocenters. The van der Waals surface area contributed by atoms with Gasteiger partial charge in [0, 0.05) is 19.1 Å². The molecule has 1 amide bonds. The van der Waals surface area contributed by atoms with Gasteiger partial charge in [-0.15, -0.1) is 0 Å². The summed E-state index contributed by atoms with van der Waals surface area (Å²) < 4.78 is 5.20. The van der Waals surface area contributed by atoms with Crippen molar-refractivity contribution in [3.8, 4) is 5.75 Å². The van der Waals surface area contributed by atoms with Crippen LogP contribution in [0.4, 0.5) is 0 Å². The molecule has 1 aromatic rings. The maximum atomic E-state index is 11.9. The van der Waals surface area contributed by atoms with Gasteiger partial charge >= 0.3 is 0 Å². The molecule has 0 radical (unpaired) electrons. The molecule has 0 aliphatic heterocycles. The van der Waals surface area contributed by atoms with Gasteiger partial charge in [0.25, 0.3) is 0 Å². The Morgan fingerprint density at radius 1 is 1.37 bits per heavy atom. The zero-order valence-electron chi connectivity index (χ0n) is 12.4. The molecule has 0 aliphatic rings. The molecule has 0 bridgehead atoms. The summed E-state index contributed by atoms with van der Waals surface area (Å²) in [7, 11) is 3.48. The summed E-state index contributed by atoms with van der Waals surface area (Å²) in [5.74, 6) is 0.932. The second-order valence-corrected chi connectivity index (χ2v) is 4.98. The Morgan fingerprint density at radius 3 is 2.63 bits per heavy atom. The highest BCUT2D eigenvalue weighted by Crippen LogP contribution is 2.18. The molecule has 4 heteroatoms. The lowest BCUT2D eigenvalue weighted by Crippen LogP contribution is -2.40. The van der Waals surface area contributed by atoms with E-state index in [9.17, 15) is 4.79 Å². The Hall–Kier alpha value is -1.55. The fraction of sp³-hybridized carbons (Fsp3) is 0.533. The van der Waals surface area contributed by atoms with Crippen LogP contribution in [0.2, 0.25) is 0 Å². The van der Waals surface area contributed by atoms with E-state index in [1.807, 2.05) is 52.1 Å². The first kappa shape index (κ1) is 15.5. The van der Waals surface area contributed by atoms with Crippen LogP contribution in [-0.2, 0) is 4.79 Å². The number of ether oxygens (including phenoxy) is 1. The number of methoxy groups -OCH3 is 1. The minimum absolute atomic E-state index is 0.102. The molecule has 1 N–H and O–H groups in total. The first-order chi connectivity index (χ1) is 8.95. The quantitative estimate of drug-likeness (QED) is 0.856. The highest BCUT2D eigenvalue weighted by atomic mass is 16.5. The molecule has 4 nitrogen and oxygen atoms in total. The Bertz CT molecular complexity index is 418. The third-order valence-corrected chi connectivity index (χ3v) is 3.32. The van der Waals surface area contributed by atoms with Gasteiger partial charge < -0.3 is 15.0 Å². The molecular formula is C15H24N2O2. The van der Waals surface area contributed by atoms with Gasteiger partial charge in [-0.25, -0.2) is 0 Å². The summed E-state index contributed by atoms with van der Waals surface area (Å²) in [6.45, 7) is 6.39. The number of amides is 1. The molecular weight excluding hydrogens is 240 g/mol. The molecule has 0 heterocycles. The van der Waals surface area contributed by atoms with E-state index in [1.165, 1.54) is 0 Å². The van der Waals surface area contributed by atoms with E-state index in [4.69, 9.17) is 4.74 Å². The van der Waals surface area contributed by atoms with Crippen LogP contribution in [0.3, 0.4) is 0 Å². The minimum Gasteiger partial charge on any atom is -0.497 e. The fourth-order valence-electron chi connectivity index (χ4n) is 1.68. The number of carbonyl (C=O) groups excluding carboxylic acids is 1. The smallest absolute Gasteiger partial charge is 0.236 e. The average Bonchev–Trinajstić information content (AvgIpc) is 2.43. The molecule has 0 fully saturated rings. The van der Waals surface area contributed by atoms with Crippen molar-refractivity contribution in [3.63, 3.8) is 0 Å². The molecule has 0 spiro atoms. The Morgan fingerprint density at radius 2 is 2.05 bits per heavy atom. The van der Waals surface area contributed by atoms with E-state index in [0.717, 1.165) is 11.3 Å². The highest BCUT2D eigenvalue weighted by molar-refractivity contribution is 5.78. The van der Waals surface area contributed by atoms with Crippen molar-refractivity contribution in [1.29, 1.82) is 0 Å². The van der Waals surface area contributed by atoms with E-state index in [2.05, 4.69) is 5.32 Å². The molecule has 19 heavy (non-hydrogen) atoms. The molecule has 1 aromatic carbocycles. The van der Waals surface area contributed by atoms with Gasteiger partial charge in [-0.3, -0.25) is 4.79 Å². The van der Waals surface area contributed by atoms with Crippen molar-refractivity contribution < 1.29 is 9.53 Å². The first-order valence-corrected chi connectivity index (χ1v) is 6.58. The Kier molecular flexibility index (Phi) is 5.83. The minimum atomic E-state index is 0.102. The molecule has 0 saturated carbocycles. The van der Waals surface area contributed by atoms with Gasteiger partial charge in [0.1, 0.15) is 5.75 Å². The van der Waals surface area contributed by atoms with Gasteiger partial charge in [0.2, 0.25) is 5.91 Å². The van der Waals surface area contributed by atoms with Crippen LogP contribution in [0.1, 0.15) is 32.4 Å². The van der Waals surface area contributed by atoms with E-state index in [0.29, 0.717) is 6.54 Å². The largest absolute Gasteiger partial charge is 0.497 e. The Balaban J connectivity index is 2.55. The number of nitrogens with one attached hydrogen (secondary N) is 1. The first-order valence-electron chi connectivity index (χ1n) is 6.58. The van der Waals surface area contributed by atoms with Crippen LogP contribution >= 0.6 is 0 Å². The van der Waals surface area contributed by atoms with Crippen molar-refractivity contribution in [2.24, 2.45) is 0 Å². The predicted molar refractivity (Wildman–Crippen MR) is 77.3 cm³/mol. The van der Waals surface area contributed by atoms with Crippen molar-refractivity contribution in [2.45, 2.75) is 32.9 Å². The standard InChI is InChI=1S/C15H24N2O2/c1-11(2)17(4)15(18)10-16-12(3)13-7-6-8-14(9-13)19-5/h6-9,11-12,16H,10H2,1-5H3/t12-/m1/s1. The molecule has 0 unspecified atom stereocenters. The SMILES string of the molecule is COc1cccc([C@@H](C)NCC(=O)N(C)C(C)C)c1. The van der Waals surface area contributed by atoms with Crippen LogP contribution < -0.4 is 10.1 Å². The van der Waals surface area contributed by atoms with Crippen LogP contribution in [0.15, 0.2) is 24.3 Å². The third kappa shape index (κ3) is 4.56. The van der Waals surface area contributed by atoms with E-state index in [-0.39, 0.29) is 18.0 Å². The number of hydrogen-bond donors (Lipinski definition) is 1. The lowest BCUT2D eigenvalue weighted by molar-refractivity contribution is -0.130. The second kappa shape index (κ2) is 7.14. The number of benzene rings is 1. The topological polar surface area (TPSA) is 41.6 Å². The number of likely N-dealkylation sites (N-methyl/N-ethyl adjacent to an activating group) is 1. The van der Waals surface area contributed by atoms with Gasteiger partial charge in [-0.05, 0) is 38.5 Å². The summed E-state index contributed by atoms with van der Waals surface area (Å²) in [6.07, 6.45) is 0. The number of carbonyl (C=O) groups is 1. The summed E-state index contributed by atoms with van der Waals surface area (Å²) in [5, 5.41) is 3.24. The molecule has 0 aromatic heterocycles. The van der Waals surface area contributed by atoms with Gasteiger partial charge in [-0.1, -0.05) is 12.1 Å². The normalized spacial score (nSPS) is 12.3. The second-order valence-electron chi connectivity index (χ2n) is 4.98. The van der Waals surface area contributed by atoms with Crippen LogP contribution in [0, 0.1) is 0 Å². The summed E-state index contributed by atoms with van der Waals surface area (Å²) in [6, 6.07) is 8.20. The van der Waals surface area contributed by atoms with Crippen LogP contribution in [0.5, 0.6) is 5.75 Å². The average molecular weight is 264 g/mol. The number of nitrogens with zero attached hydrogens (tertiary/aromatic N) is 1. The maximum Gasteiger partial charge on any atom is 0.236 e.